The van der Waals surface area contributed by atoms with E-state index in [1.165, 1.54) is 12.1 Å². The Bertz CT molecular complexity index is 712. The van der Waals surface area contributed by atoms with E-state index in [-0.39, 0.29) is 22.7 Å². The van der Waals surface area contributed by atoms with E-state index in [0.29, 0.717) is 10.8 Å². The van der Waals surface area contributed by atoms with Crippen molar-refractivity contribution in [2.45, 2.75) is 19.5 Å². The monoisotopic (exact) mass is 361 g/mol. The van der Waals surface area contributed by atoms with Crippen molar-refractivity contribution < 1.29 is 18.0 Å². The molecule has 2 aromatic rings. The molecule has 0 N–H and O–H groups in total. The summed E-state index contributed by atoms with van der Waals surface area (Å²) in [5, 5.41) is 4.56. The molecule has 0 aliphatic heterocycles. The quantitative estimate of drug-likeness (QED) is 0.468. The highest BCUT2D eigenvalue weighted by Crippen LogP contribution is 2.34. The number of halogens is 5. The van der Waals surface area contributed by atoms with Crippen LogP contribution in [-0.4, -0.2) is 5.71 Å². The van der Waals surface area contributed by atoms with Gasteiger partial charge in [-0.25, -0.2) is 0 Å². The molecule has 23 heavy (non-hydrogen) atoms. The van der Waals surface area contributed by atoms with Crippen LogP contribution in [0.3, 0.4) is 0 Å². The van der Waals surface area contributed by atoms with Gasteiger partial charge >= 0.3 is 6.18 Å². The fourth-order valence-corrected chi connectivity index (χ4v) is 2.21. The predicted octanol–water partition coefficient (Wildman–Crippen LogP) is 6.21. The van der Waals surface area contributed by atoms with Crippen LogP contribution in [0.1, 0.15) is 24.5 Å². The molecule has 0 spiro atoms. The summed E-state index contributed by atoms with van der Waals surface area (Å²) in [6.45, 7) is 1.69. The van der Waals surface area contributed by atoms with Gasteiger partial charge in [0.05, 0.1) is 11.3 Å². The smallest absolute Gasteiger partial charge is 0.357 e. The van der Waals surface area contributed by atoms with E-state index < -0.39 is 11.7 Å². The van der Waals surface area contributed by atoms with Crippen molar-refractivity contribution >= 4 is 28.9 Å². The molecule has 0 unspecified atom stereocenters. The molecule has 0 saturated carbocycles. The third-order valence-corrected chi connectivity index (χ3v) is 3.49. The number of rotatable bonds is 4. The third kappa shape index (κ3) is 4.62. The lowest BCUT2D eigenvalue weighted by Gasteiger charge is -2.14. The Kier molecular flexibility index (Phi) is 5.55. The molecule has 122 valence electrons. The molecule has 0 saturated heterocycles. The normalized spacial score (nSPS) is 12.3. The van der Waals surface area contributed by atoms with E-state index in [4.69, 9.17) is 28.0 Å². The summed E-state index contributed by atoms with van der Waals surface area (Å²) in [6, 6.07) is 9.70. The Morgan fingerprint density at radius 1 is 1.04 bits per heavy atom. The molecule has 7 heteroatoms. The number of hydrogen-bond acceptors (Lipinski definition) is 2. The lowest BCUT2D eigenvalue weighted by atomic mass is 10.0. The van der Waals surface area contributed by atoms with E-state index in [1.54, 1.807) is 31.2 Å². The summed E-state index contributed by atoms with van der Waals surface area (Å²) < 4.78 is 39.4. The van der Waals surface area contributed by atoms with Crippen LogP contribution in [0.25, 0.3) is 0 Å². The van der Waals surface area contributed by atoms with Gasteiger partial charge in [-0.1, -0.05) is 35.3 Å². The van der Waals surface area contributed by atoms with Gasteiger partial charge in [0.1, 0.15) is 0 Å². The van der Waals surface area contributed by atoms with E-state index >= 15 is 0 Å². The SMILES string of the molecule is CCC(=NOc1ccc(Cl)cc1)c1cc(Cl)ccc1C(F)(F)F. The Labute approximate surface area is 141 Å². The summed E-state index contributed by atoms with van der Waals surface area (Å²) in [7, 11) is 0. The minimum atomic E-state index is -4.50. The zero-order chi connectivity index (χ0) is 17.0. The fourth-order valence-electron chi connectivity index (χ4n) is 1.91. The van der Waals surface area contributed by atoms with Gasteiger partial charge in [0, 0.05) is 15.6 Å². The van der Waals surface area contributed by atoms with Crippen molar-refractivity contribution in [2.24, 2.45) is 5.16 Å². The van der Waals surface area contributed by atoms with Crippen LogP contribution in [0.5, 0.6) is 5.75 Å². The van der Waals surface area contributed by atoms with Crippen molar-refractivity contribution in [1.82, 2.24) is 0 Å². The summed E-state index contributed by atoms with van der Waals surface area (Å²) in [4.78, 5) is 5.19. The van der Waals surface area contributed by atoms with Gasteiger partial charge in [-0.2, -0.15) is 13.2 Å². The van der Waals surface area contributed by atoms with Crippen molar-refractivity contribution in [1.29, 1.82) is 0 Å². The first-order valence-electron chi connectivity index (χ1n) is 6.68. The summed E-state index contributed by atoms with van der Waals surface area (Å²) in [5.41, 5.74) is -0.751. The maximum atomic E-state index is 13.1. The number of nitrogens with zero attached hydrogens (tertiary/aromatic N) is 1. The first-order valence-corrected chi connectivity index (χ1v) is 7.43. The van der Waals surface area contributed by atoms with Gasteiger partial charge in [0.25, 0.3) is 0 Å². The van der Waals surface area contributed by atoms with Gasteiger partial charge < -0.3 is 4.84 Å². The first kappa shape index (κ1) is 17.6. The average Bonchev–Trinajstić information content (AvgIpc) is 2.48. The Hall–Kier alpha value is -1.72. The molecule has 0 amide bonds. The van der Waals surface area contributed by atoms with Crippen LogP contribution in [0.15, 0.2) is 47.6 Å². The molecule has 2 aromatic carbocycles. The van der Waals surface area contributed by atoms with Gasteiger partial charge in [-0.15, -0.1) is 0 Å². The average molecular weight is 362 g/mol. The van der Waals surface area contributed by atoms with E-state index in [9.17, 15) is 13.2 Å². The number of benzene rings is 2. The summed E-state index contributed by atoms with van der Waals surface area (Å²) in [5.74, 6) is 0.371. The zero-order valence-corrected chi connectivity index (χ0v) is 13.5. The molecule has 0 bridgehead atoms. The van der Waals surface area contributed by atoms with Gasteiger partial charge in [0.15, 0.2) is 5.75 Å². The second-order valence-electron chi connectivity index (χ2n) is 4.62. The Morgan fingerprint density at radius 3 is 2.22 bits per heavy atom. The lowest BCUT2D eigenvalue weighted by Crippen LogP contribution is -2.14. The molecule has 0 heterocycles. The highest BCUT2D eigenvalue weighted by atomic mass is 35.5. The van der Waals surface area contributed by atoms with Crippen molar-refractivity contribution in [3.05, 3.63) is 63.6 Å². The van der Waals surface area contributed by atoms with Crippen LogP contribution in [-0.2, 0) is 6.18 Å². The maximum absolute atomic E-state index is 13.1. The molecule has 0 atom stereocenters. The number of hydrogen-bond donors (Lipinski definition) is 0. The van der Waals surface area contributed by atoms with E-state index in [1.807, 2.05) is 0 Å². The van der Waals surface area contributed by atoms with E-state index in [0.717, 1.165) is 6.07 Å². The van der Waals surface area contributed by atoms with E-state index in [2.05, 4.69) is 5.16 Å². The molecule has 2 nitrogen and oxygen atoms in total. The van der Waals surface area contributed by atoms with Crippen LogP contribution in [0.2, 0.25) is 10.0 Å². The molecular weight excluding hydrogens is 350 g/mol. The van der Waals surface area contributed by atoms with Crippen LogP contribution in [0, 0.1) is 0 Å². The van der Waals surface area contributed by atoms with Crippen molar-refractivity contribution in [2.75, 3.05) is 0 Å². The van der Waals surface area contributed by atoms with Crippen LogP contribution >= 0.6 is 23.2 Å². The minimum absolute atomic E-state index is 0.0959. The number of alkyl halides is 3. The van der Waals surface area contributed by atoms with Crippen LogP contribution < -0.4 is 4.84 Å². The standard InChI is InChI=1S/C16H12Cl2F3NO/c1-2-15(22-23-12-6-3-10(17)4-7-12)13-9-11(18)5-8-14(13)16(19,20)21/h3-9H,2H2,1H3. The van der Waals surface area contributed by atoms with Crippen LogP contribution in [0.4, 0.5) is 13.2 Å². The minimum Gasteiger partial charge on any atom is -0.357 e. The molecule has 0 radical (unpaired) electrons. The summed E-state index contributed by atoms with van der Waals surface area (Å²) >= 11 is 11.6. The van der Waals surface area contributed by atoms with Gasteiger partial charge in [-0.3, -0.25) is 0 Å². The molecule has 2 rings (SSSR count). The molecular formula is C16H12Cl2F3NO. The summed E-state index contributed by atoms with van der Waals surface area (Å²) in [6.07, 6.45) is -4.26. The predicted molar refractivity (Wildman–Crippen MR) is 85.4 cm³/mol. The zero-order valence-electron chi connectivity index (χ0n) is 12.0. The van der Waals surface area contributed by atoms with Crippen molar-refractivity contribution in [3.63, 3.8) is 0 Å². The van der Waals surface area contributed by atoms with Gasteiger partial charge in [-0.05, 0) is 48.9 Å². The molecule has 0 aromatic heterocycles. The fraction of sp³-hybridized carbons (Fsp3) is 0.188. The molecule has 0 aliphatic carbocycles. The Morgan fingerprint density at radius 2 is 1.65 bits per heavy atom. The Balaban J connectivity index is 2.38. The molecule has 0 fully saturated rings. The first-order chi connectivity index (χ1) is 10.8. The third-order valence-electron chi connectivity index (χ3n) is 3.01. The highest BCUT2D eigenvalue weighted by molar-refractivity contribution is 6.31. The van der Waals surface area contributed by atoms with Gasteiger partial charge in [0.2, 0.25) is 0 Å². The highest BCUT2D eigenvalue weighted by Gasteiger charge is 2.34. The lowest BCUT2D eigenvalue weighted by molar-refractivity contribution is -0.137. The second-order valence-corrected chi connectivity index (χ2v) is 5.50. The largest absolute Gasteiger partial charge is 0.417 e. The number of oxime groups is 1. The van der Waals surface area contributed by atoms with Crippen molar-refractivity contribution in [3.8, 4) is 5.75 Å². The maximum Gasteiger partial charge on any atom is 0.417 e. The topological polar surface area (TPSA) is 21.6 Å². The second kappa shape index (κ2) is 7.23. The molecule has 0 aliphatic rings.